The molecule has 0 bridgehead atoms. The summed E-state index contributed by atoms with van der Waals surface area (Å²) in [6.45, 7) is 8.69. The van der Waals surface area contributed by atoms with Gasteiger partial charge < -0.3 is 0 Å². The first-order valence-electron chi connectivity index (χ1n) is 3.31. The molecule has 0 amide bonds. The van der Waals surface area contributed by atoms with Crippen LogP contribution in [0.15, 0.2) is 34.7 Å². The second-order valence-corrected chi connectivity index (χ2v) is 3.03. The van der Waals surface area contributed by atoms with Crippen LogP contribution in [-0.4, -0.2) is 0 Å². The van der Waals surface area contributed by atoms with E-state index in [1.165, 1.54) is 6.08 Å². The van der Waals surface area contributed by atoms with Crippen LogP contribution in [0.3, 0.4) is 0 Å². The number of rotatable bonds is 2. The fourth-order valence-electron chi connectivity index (χ4n) is 0.379. The number of halogens is 2. The van der Waals surface area contributed by atoms with Gasteiger partial charge in [0.05, 0.1) is 0 Å². The molecular weight excluding hydrogens is 163 g/mol. The fourth-order valence-corrected chi connectivity index (χ4v) is 0.475. The maximum absolute atomic E-state index is 12.8. The second kappa shape index (κ2) is 4.35. The topological polar surface area (TPSA) is 0 Å². The minimum absolute atomic E-state index is 0.294. The third-order valence-electron chi connectivity index (χ3n) is 1.14. The summed E-state index contributed by atoms with van der Waals surface area (Å²) in [5.41, 5.74) is 1.28. The van der Waals surface area contributed by atoms with Crippen LogP contribution in [0.5, 0.6) is 0 Å². The molecule has 0 aromatic rings. The Bertz CT molecular complexity index is 220. The molecule has 0 aromatic carbocycles. The van der Waals surface area contributed by atoms with Crippen LogP contribution in [0.1, 0.15) is 20.8 Å². The van der Waals surface area contributed by atoms with Crippen molar-refractivity contribution in [3.63, 3.8) is 0 Å². The van der Waals surface area contributed by atoms with E-state index in [9.17, 15) is 4.39 Å². The van der Waals surface area contributed by atoms with Crippen molar-refractivity contribution in [3.8, 4) is 0 Å². The van der Waals surface area contributed by atoms with Crippen LogP contribution in [0.2, 0.25) is 0 Å². The van der Waals surface area contributed by atoms with Crippen molar-refractivity contribution < 1.29 is 4.39 Å². The molecule has 0 saturated heterocycles. The SMILES string of the molecule is C=C(C)/C(Cl)=C\C(F)=C(C)C. The summed E-state index contributed by atoms with van der Waals surface area (Å²) in [6, 6.07) is 0. The van der Waals surface area contributed by atoms with E-state index in [1.807, 2.05) is 0 Å². The predicted octanol–water partition coefficient (Wildman–Crippen LogP) is 3.95. The molecule has 2 heteroatoms. The maximum atomic E-state index is 12.8. The molecule has 0 aliphatic carbocycles. The van der Waals surface area contributed by atoms with Crippen molar-refractivity contribution in [2.45, 2.75) is 20.8 Å². The molecule has 0 fully saturated rings. The van der Waals surface area contributed by atoms with E-state index in [-0.39, 0.29) is 5.83 Å². The molecule has 0 spiro atoms. The highest BCUT2D eigenvalue weighted by Gasteiger charge is 1.96. The van der Waals surface area contributed by atoms with Gasteiger partial charge in [-0.1, -0.05) is 18.2 Å². The van der Waals surface area contributed by atoms with Crippen molar-refractivity contribution >= 4 is 11.6 Å². The Labute approximate surface area is 72.1 Å². The van der Waals surface area contributed by atoms with Crippen molar-refractivity contribution in [3.05, 3.63) is 34.7 Å². The van der Waals surface area contributed by atoms with E-state index in [4.69, 9.17) is 11.6 Å². The maximum Gasteiger partial charge on any atom is 0.123 e. The van der Waals surface area contributed by atoms with E-state index in [2.05, 4.69) is 6.58 Å². The number of hydrogen-bond donors (Lipinski definition) is 0. The van der Waals surface area contributed by atoms with Gasteiger partial charge in [0.2, 0.25) is 0 Å². The van der Waals surface area contributed by atoms with Crippen molar-refractivity contribution in [2.75, 3.05) is 0 Å². The highest BCUT2D eigenvalue weighted by atomic mass is 35.5. The molecule has 0 radical (unpaired) electrons. The summed E-state index contributed by atoms with van der Waals surface area (Å²) < 4.78 is 12.8. The van der Waals surface area contributed by atoms with Gasteiger partial charge in [0, 0.05) is 5.03 Å². The van der Waals surface area contributed by atoms with Gasteiger partial charge in [-0.15, -0.1) is 0 Å². The normalized spacial score (nSPS) is 11.2. The summed E-state index contributed by atoms with van der Waals surface area (Å²) in [7, 11) is 0. The summed E-state index contributed by atoms with van der Waals surface area (Å²) in [4.78, 5) is 0. The van der Waals surface area contributed by atoms with Crippen molar-refractivity contribution in [2.24, 2.45) is 0 Å². The highest BCUT2D eigenvalue weighted by Crippen LogP contribution is 2.17. The summed E-state index contributed by atoms with van der Waals surface area (Å²) >= 11 is 5.64. The van der Waals surface area contributed by atoms with Gasteiger partial charge in [-0.05, 0) is 38.0 Å². The van der Waals surface area contributed by atoms with Gasteiger partial charge >= 0.3 is 0 Å². The van der Waals surface area contributed by atoms with E-state index in [1.54, 1.807) is 20.8 Å². The smallest absolute Gasteiger partial charge is 0.123 e. The molecule has 0 unspecified atom stereocenters. The van der Waals surface area contributed by atoms with Gasteiger partial charge in [0.25, 0.3) is 0 Å². The molecule has 11 heavy (non-hydrogen) atoms. The molecule has 0 rings (SSSR count). The highest BCUT2D eigenvalue weighted by molar-refractivity contribution is 6.32. The molecule has 0 nitrogen and oxygen atoms in total. The first-order valence-corrected chi connectivity index (χ1v) is 3.69. The Morgan fingerprint density at radius 3 is 2.09 bits per heavy atom. The Balaban J connectivity index is 4.58. The molecule has 0 N–H and O–H groups in total. The Hall–Kier alpha value is -0.560. The van der Waals surface area contributed by atoms with Crippen LogP contribution in [0.4, 0.5) is 4.39 Å². The van der Waals surface area contributed by atoms with Crippen LogP contribution >= 0.6 is 11.6 Å². The van der Waals surface area contributed by atoms with E-state index in [0.29, 0.717) is 16.2 Å². The third-order valence-corrected chi connectivity index (χ3v) is 1.57. The minimum Gasteiger partial charge on any atom is -0.207 e. The lowest BCUT2D eigenvalue weighted by Crippen LogP contribution is -1.76. The van der Waals surface area contributed by atoms with Crippen molar-refractivity contribution in [1.82, 2.24) is 0 Å². The van der Waals surface area contributed by atoms with Gasteiger partial charge in [-0.2, -0.15) is 0 Å². The second-order valence-electron chi connectivity index (χ2n) is 2.62. The largest absolute Gasteiger partial charge is 0.207 e. The molecule has 0 aliphatic heterocycles. The van der Waals surface area contributed by atoms with Crippen LogP contribution < -0.4 is 0 Å². The van der Waals surface area contributed by atoms with Gasteiger partial charge in [0.1, 0.15) is 5.83 Å². The average molecular weight is 175 g/mol. The lowest BCUT2D eigenvalue weighted by Gasteiger charge is -1.95. The first kappa shape index (κ1) is 10.4. The lowest BCUT2D eigenvalue weighted by atomic mass is 10.2. The standard InChI is InChI=1S/C9H12ClF/c1-6(2)8(10)5-9(11)7(3)4/h5H,1H2,2-4H3/b8-5+. The van der Waals surface area contributed by atoms with Crippen LogP contribution in [-0.2, 0) is 0 Å². The lowest BCUT2D eigenvalue weighted by molar-refractivity contribution is 0.654. The molecule has 0 atom stereocenters. The molecule has 0 saturated carbocycles. The monoisotopic (exact) mass is 174 g/mol. The summed E-state index contributed by atoms with van der Waals surface area (Å²) in [5, 5.41) is 0.365. The average Bonchev–Trinajstić information content (AvgIpc) is 1.87. The van der Waals surface area contributed by atoms with Gasteiger partial charge in [-0.25, -0.2) is 4.39 Å². The quantitative estimate of drug-likeness (QED) is 0.556. The minimum atomic E-state index is -0.294. The summed E-state index contributed by atoms with van der Waals surface area (Å²) in [6.07, 6.45) is 1.28. The number of allylic oxidation sites excluding steroid dienone is 5. The van der Waals surface area contributed by atoms with E-state index < -0.39 is 0 Å². The predicted molar refractivity (Wildman–Crippen MR) is 48.2 cm³/mol. The zero-order valence-electron chi connectivity index (χ0n) is 7.04. The summed E-state index contributed by atoms with van der Waals surface area (Å²) in [5.74, 6) is -0.294. The van der Waals surface area contributed by atoms with E-state index >= 15 is 0 Å². The van der Waals surface area contributed by atoms with Gasteiger partial charge in [0.15, 0.2) is 0 Å². The Kier molecular flexibility index (Phi) is 4.12. The number of hydrogen-bond acceptors (Lipinski definition) is 0. The molecular formula is C9H12ClF. The molecule has 0 aromatic heterocycles. The first-order chi connectivity index (χ1) is 4.95. The molecule has 0 heterocycles. The van der Waals surface area contributed by atoms with Crippen molar-refractivity contribution in [1.29, 1.82) is 0 Å². The van der Waals surface area contributed by atoms with Crippen LogP contribution in [0.25, 0.3) is 0 Å². The molecule has 62 valence electrons. The van der Waals surface area contributed by atoms with Gasteiger partial charge in [-0.3, -0.25) is 0 Å². The Morgan fingerprint density at radius 1 is 1.36 bits per heavy atom. The Morgan fingerprint density at radius 2 is 1.82 bits per heavy atom. The van der Waals surface area contributed by atoms with Crippen LogP contribution in [0, 0.1) is 0 Å². The zero-order valence-corrected chi connectivity index (χ0v) is 7.80. The molecule has 0 aliphatic rings. The van der Waals surface area contributed by atoms with E-state index in [0.717, 1.165) is 0 Å². The third kappa shape index (κ3) is 3.99. The fraction of sp³-hybridized carbons (Fsp3) is 0.333. The zero-order chi connectivity index (χ0) is 9.02.